The van der Waals surface area contributed by atoms with E-state index in [4.69, 9.17) is 9.84 Å². The summed E-state index contributed by atoms with van der Waals surface area (Å²) in [4.78, 5) is 40.4. The van der Waals surface area contributed by atoms with Crippen LogP contribution in [0.3, 0.4) is 0 Å². The Morgan fingerprint density at radius 3 is 2.62 bits per heavy atom. The highest BCUT2D eigenvalue weighted by Crippen LogP contribution is 2.13. The van der Waals surface area contributed by atoms with Crippen molar-refractivity contribution >= 4 is 17.8 Å². The highest BCUT2D eigenvalue weighted by molar-refractivity contribution is 5.81. The predicted octanol–water partition coefficient (Wildman–Crippen LogP) is 2.56. The predicted molar refractivity (Wildman–Crippen MR) is 128 cm³/mol. The molecule has 1 aromatic carbocycles. The molecule has 2 amide bonds. The van der Waals surface area contributed by atoms with Crippen molar-refractivity contribution in [1.29, 1.82) is 0 Å². The molecule has 0 bridgehead atoms. The molecule has 0 aliphatic rings. The van der Waals surface area contributed by atoms with Gasteiger partial charge in [0.1, 0.15) is 11.6 Å². The van der Waals surface area contributed by atoms with Crippen LogP contribution >= 0.6 is 0 Å². The van der Waals surface area contributed by atoms with E-state index in [1.807, 2.05) is 24.3 Å². The Balaban J connectivity index is 1.64. The second-order valence-electron chi connectivity index (χ2n) is 7.66. The number of ether oxygens (including phenoxy) is 1. The molecule has 0 saturated heterocycles. The molecule has 4 N–H and O–H groups in total. The standard InChI is InChI=1S/C24H27N5O5/c1-15-9-10-29(26-13-17-5-4-6-19(11-17)34-3)23(31)20(15)12-22(30)25-14-18-7-8-21(27-16(18)2)28-24(32)33/h4-11,26H,12-14H2,1-3H3,(H,25,30)(H,27,28)(H,32,33). The van der Waals surface area contributed by atoms with Crippen molar-refractivity contribution in [1.82, 2.24) is 15.0 Å². The minimum atomic E-state index is -1.20. The Hall–Kier alpha value is -4.34. The van der Waals surface area contributed by atoms with Gasteiger partial charge in [-0.25, -0.2) is 14.5 Å². The molecule has 0 aliphatic carbocycles. The number of anilines is 1. The molecule has 0 aliphatic heterocycles. The number of benzene rings is 1. The minimum absolute atomic E-state index is 0.0719. The van der Waals surface area contributed by atoms with Crippen molar-refractivity contribution in [2.45, 2.75) is 33.4 Å². The fraction of sp³-hybridized carbons (Fsp3) is 0.250. The van der Waals surface area contributed by atoms with E-state index < -0.39 is 6.09 Å². The summed E-state index contributed by atoms with van der Waals surface area (Å²) >= 11 is 0. The third-order valence-corrected chi connectivity index (χ3v) is 5.26. The molecule has 2 heterocycles. The number of hydrogen-bond acceptors (Lipinski definition) is 6. The molecule has 10 nitrogen and oxygen atoms in total. The first-order chi connectivity index (χ1) is 16.3. The van der Waals surface area contributed by atoms with Gasteiger partial charge in [-0.1, -0.05) is 18.2 Å². The number of nitrogens with zero attached hydrogens (tertiary/aromatic N) is 2. The number of nitrogens with one attached hydrogen (secondary N) is 3. The van der Waals surface area contributed by atoms with Crippen LogP contribution in [0.5, 0.6) is 5.75 Å². The molecule has 0 fully saturated rings. The van der Waals surface area contributed by atoms with Gasteiger partial charge < -0.3 is 20.6 Å². The third kappa shape index (κ3) is 6.35. The van der Waals surface area contributed by atoms with E-state index >= 15 is 0 Å². The Kier molecular flexibility index (Phi) is 7.86. The molecule has 0 spiro atoms. The van der Waals surface area contributed by atoms with Gasteiger partial charge in [0.15, 0.2) is 0 Å². The largest absolute Gasteiger partial charge is 0.497 e. The summed E-state index contributed by atoms with van der Waals surface area (Å²) in [6.07, 6.45) is 0.369. The lowest BCUT2D eigenvalue weighted by molar-refractivity contribution is -0.120. The number of pyridine rings is 2. The third-order valence-electron chi connectivity index (χ3n) is 5.26. The first-order valence-corrected chi connectivity index (χ1v) is 10.6. The van der Waals surface area contributed by atoms with Gasteiger partial charge in [-0.05, 0) is 54.8 Å². The van der Waals surface area contributed by atoms with Gasteiger partial charge in [-0.3, -0.25) is 14.9 Å². The van der Waals surface area contributed by atoms with Crippen LogP contribution in [0.25, 0.3) is 0 Å². The van der Waals surface area contributed by atoms with E-state index in [1.165, 1.54) is 10.7 Å². The van der Waals surface area contributed by atoms with E-state index in [2.05, 4.69) is 21.0 Å². The number of aromatic nitrogens is 2. The maximum absolute atomic E-state index is 13.0. The van der Waals surface area contributed by atoms with Crippen molar-refractivity contribution in [3.63, 3.8) is 0 Å². The van der Waals surface area contributed by atoms with Gasteiger partial charge in [0, 0.05) is 24.0 Å². The summed E-state index contributed by atoms with van der Waals surface area (Å²) in [5.74, 6) is 0.631. The van der Waals surface area contributed by atoms with Crippen LogP contribution in [0.2, 0.25) is 0 Å². The molecule has 0 unspecified atom stereocenters. The first-order valence-electron chi connectivity index (χ1n) is 10.6. The average Bonchev–Trinajstić information content (AvgIpc) is 2.80. The number of aryl methyl sites for hydroxylation is 2. The summed E-state index contributed by atoms with van der Waals surface area (Å²) < 4.78 is 6.59. The van der Waals surface area contributed by atoms with Crippen LogP contribution in [-0.2, 0) is 24.3 Å². The lowest BCUT2D eigenvalue weighted by Gasteiger charge is -2.14. The smallest absolute Gasteiger partial charge is 0.410 e. The quantitative estimate of drug-likeness (QED) is 0.381. The highest BCUT2D eigenvalue weighted by atomic mass is 16.5. The maximum Gasteiger partial charge on any atom is 0.410 e. The Bertz CT molecular complexity index is 1250. The Labute approximate surface area is 196 Å². The van der Waals surface area contributed by atoms with Crippen molar-refractivity contribution in [3.05, 3.63) is 87.0 Å². The monoisotopic (exact) mass is 465 g/mol. The Morgan fingerprint density at radius 2 is 1.91 bits per heavy atom. The normalized spacial score (nSPS) is 10.4. The number of methoxy groups -OCH3 is 1. The fourth-order valence-corrected chi connectivity index (χ4v) is 3.34. The van der Waals surface area contributed by atoms with Crippen molar-refractivity contribution < 1.29 is 19.4 Å². The summed E-state index contributed by atoms with van der Waals surface area (Å²) in [7, 11) is 1.60. The highest BCUT2D eigenvalue weighted by Gasteiger charge is 2.13. The number of amides is 2. The molecule has 34 heavy (non-hydrogen) atoms. The summed E-state index contributed by atoms with van der Waals surface area (Å²) in [5.41, 5.74) is 6.17. The van der Waals surface area contributed by atoms with Crippen LogP contribution in [0.15, 0.2) is 53.5 Å². The van der Waals surface area contributed by atoms with E-state index in [0.717, 1.165) is 22.4 Å². The summed E-state index contributed by atoms with van der Waals surface area (Å²) in [6, 6.07) is 12.5. The molecule has 2 aromatic heterocycles. The second kappa shape index (κ2) is 11.0. The molecule has 178 valence electrons. The van der Waals surface area contributed by atoms with Crippen molar-refractivity contribution in [2.75, 3.05) is 17.9 Å². The van der Waals surface area contributed by atoms with Crippen LogP contribution < -0.4 is 26.4 Å². The number of rotatable bonds is 9. The number of hydrogen-bond donors (Lipinski definition) is 4. The molecule has 0 saturated carbocycles. The molecule has 10 heteroatoms. The topological polar surface area (TPSA) is 135 Å². The fourth-order valence-electron chi connectivity index (χ4n) is 3.34. The van der Waals surface area contributed by atoms with Crippen molar-refractivity contribution in [3.8, 4) is 5.75 Å². The summed E-state index contributed by atoms with van der Waals surface area (Å²) in [5, 5.41) is 13.8. The zero-order valence-electron chi connectivity index (χ0n) is 19.2. The summed E-state index contributed by atoms with van der Waals surface area (Å²) in [6.45, 7) is 4.13. The van der Waals surface area contributed by atoms with Crippen LogP contribution in [0.4, 0.5) is 10.6 Å². The van der Waals surface area contributed by atoms with E-state index in [9.17, 15) is 14.4 Å². The minimum Gasteiger partial charge on any atom is -0.497 e. The average molecular weight is 466 g/mol. The molecule has 3 aromatic rings. The number of carbonyl (C=O) groups is 2. The second-order valence-corrected chi connectivity index (χ2v) is 7.66. The van der Waals surface area contributed by atoms with Gasteiger partial charge in [0.05, 0.1) is 20.1 Å². The van der Waals surface area contributed by atoms with Crippen molar-refractivity contribution in [2.24, 2.45) is 0 Å². The SMILES string of the molecule is COc1cccc(CNn2ccc(C)c(CC(=O)NCc3ccc(NC(=O)O)nc3C)c2=O)c1. The van der Waals surface area contributed by atoms with Gasteiger partial charge in [-0.2, -0.15) is 0 Å². The van der Waals surface area contributed by atoms with Gasteiger partial charge >= 0.3 is 6.09 Å². The van der Waals surface area contributed by atoms with E-state index in [1.54, 1.807) is 39.3 Å². The van der Waals surface area contributed by atoms with E-state index in [-0.39, 0.29) is 30.2 Å². The van der Waals surface area contributed by atoms with Crippen LogP contribution in [0, 0.1) is 13.8 Å². The molecule has 3 rings (SSSR count). The van der Waals surface area contributed by atoms with Crippen LogP contribution in [0.1, 0.15) is 27.9 Å². The molecule has 0 atom stereocenters. The molecular formula is C24H27N5O5. The van der Waals surface area contributed by atoms with Gasteiger partial charge in [-0.15, -0.1) is 0 Å². The lowest BCUT2D eigenvalue weighted by atomic mass is 10.1. The first kappa shape index (κ1) is 24.3. The lowest BCUT2D eigenvalue weighted by Crippen LogP contribution is -2.34. The van der Waals surface area contributed by atoms with Crippen LogP contribution in [-0.4, -0.2) is 33.9 Å². The Morgan fingerprint density at radius 1 is 1.12 bits per heavy atom. The van der Waals surface area contributed by atoms with Gasteiger partial charge in [0.2, 0.25) is 5.91 Å². The van der Waals surface area contributed by atoms with E-state index in [0.29, 0.717) is 17.8 Å². The number of carbonyl (C=O) groups excluding carboxylic acids is 1. The van der Waals surface area contributed by atoms with Gasteiger partial charge in [0.25, 0.3) is 5.56 Å². The molecular weight excluding hydrogens is 438 g/mol. The number of carboxylic acid groups (broad SMARTS) is 1. The zero-order chi connectivity index (χ0) is 24.7. The maximum atomic E-state index is 13.0. The molecule has 0 radical (unpaired) electrons. The zero-order valence-corrected chi connectivity index (χ0v) is 19.2.